The van der Waals surface area contributed by atoms with Gasteiger partial charge in [0, 0.05) is 38.1 Å². The predicted molar refractivity (Wildman–Crippen MR) is 75.1 cm³/mol. The quantitative estimate of drug-likeness (QED) is 0.349. The predicted octanol–water partition coefficient (Wildman–Crippen LogP) is 2.30. The van der Waals surface area contributed by atoms with Crippen molar-refractivity contribution in [2.75, 3.05) is 0 Å². The van der Waals surface area contributed by atoms with Gasteiger partial charge >= 0.3 is 0 Å². The second kappa shape index (κ2) is 9.90. The van der Waals surface area contributed by atoms with E-state index in [4.69, 9.17) is 0 Å². The van der Waals surface area contributed by atoms with Gasteiger partial charge in [-0.25, -0.2) is 0 Å². The summed E-state index contributed by atoms with van der Waals surface area (Å²) in [6.07, 6.45) is 0.864. The molecule has 1 unspecified atom stereocenters. The third-order valence-electron chi connectivity index (χ3n) is 2.13. The van der Waals surface area contributed by atoms with Crippen LogP contribution in [0.1, 0.15) is 48.0 Å². The first-order chi connectivity index (χ1) is 7.81. The van der Waals surface area contributed by atoms with E-state index >= 15 is 0 Å². The Morgan fingerprint density at radius 3 is 1.63 bits per heavy atom. The first kappa shape index (κ1) is 24.1. The third kappa shape index (κ3) is 16.0. The number of ketones is 1. The molecule has 0 fully saturated rings. The number of hydrogen-bond acceptors (Lipinski definition) is 3. The molecule has 111 valence electrons. The minimum absolute atomic E-state index is 0. The van der Waals surface area contributed by atoms with E-state index in [0.717, 1.165) is 6.42 Å². The zero-order chi connectivity index (χ0) is 15.1. The molecule has 1 radical (unpaired) electrons. The molecule has 0 aliphatic heterocycles. The molecule has 0 rings (SSSR count). The van der Waals surface area contributed by atoms with Gasteiger partial charge in [-0.1, -0.05) is 48.0 Å². The maximum atomic E-state index is 11.8. The Kier molecular flexibility index (Phi) is 12.6. The van der Waals surface area contributed by atoms with Gasteiger partial charge in [0.15, 0.2) is 0 Å². The van der Waals surface area contributed by atoms with Gasteiger partial charge in [0.1, 0.15) is 5.78 Å². The van der Waals surface area contributed by atoms with Crippen LogP contribution in [0.15, 0.2) is 0 Å². The van der Waals surface area contributed by atoms with Gasteiger partial charge in [-0.15, -0.1) is 5.92 Å². The third-order valence-corrected chi connectivity index (χ3v) is 2.13. The van der Waals surface area contributed by atoms with Crippen molar-refractivity contribution in [3.8, 4) is 0 Å². The molecule has 1 atom stereocenters. The van der Waals surface area contributed by atoms with E-state index in [0.29, 0.717) is 0 Å². The van der Waals surface area contributed by atoms with E-state index in [-0.39, 0.29) is 55.2 Å². The number of Topliss-reactive ketones (excluding diaryl/α,β-unsaturated/α-hetero) is 1. The fraction of sp³-hybridized carbons (Fsp3) is 0.714. The summed E-state index contributed by atoms with van der Waals surface area (Å²) in [7, 11) is 0. The van der Waals surface area contributed by atoms with Crippen molar-refractivity contribution in [3.63, 3.8) is 0 Å². The van der Waals surface area contributed by atoms with Crippen LogP contribution >= 0.6 is 0 Å². The van der Waals surface area contributed by atoms with Crippen LogP contribution in [0.3, 0.4) is 0 Å². The summed E-state index contributed by atoms with van der Waals surface area (Å²) < 4.78 is 0. The Hall–Kier alpha value is 0.0739. The summed E-state index contributed by atoms with van der Waals surface area (Å²) in [5, 5.41) is 0. The van der Waals surface area contributed by atoms with Gasteiger partial charge in [-0.3, -0.25) is 5.84 Å². The molecule has 0 saturated carbocycles. The Balaban J connectivity index is -0.000000366. The van der Waals surface area contributed by atoms with Crippen molar-refractivity contribution in [1.29, 1.82) is 0 Å². The summed E-state index contributed by atoms with van der Waals surface area (Å²) in [5.74, 6) is 4.24. The van der Waals surface area contributed by atoms with Crippen molar-refractivity contribution in [3.05, 3.63) is 13.8 Å². The van der Waals surface area contributed by atoms with E-state index in [9.17, 15) is 9.59 Å². The fourth-order valence-electron chi connectivity index (χ4n) is 1.44. The monoisotopic (exact) mass is 345 g/mol. The summed E-state index contributed by atoms with van der Waals surface area (Å²) >= 11 is 0. The van der Waals surface area contributed by atoms with Crippen LogP contribution in [0.2, 0.25) is 0 Å². The van der Waals surface area contributed by atoms with Gasteiger partial charge in [-0.2, -0.15) is 0 Å². The topological polar surface area (TPSA) is 72.2 Å². The van der Waals surface area contributed by atoms with Crippen LogP contribution in [0.4, 0.5) is 0 Å². The molecule has 0 bridgehead atoms. The zero-order valence-electron chi connectivity index (χ0n) is 13.2. The molecular weight excluding hydrogens is 317 g/mol. The average molecular weight is 345 g/mol. The maximum absolute atomic E-state index is 11.8. The first-order valence-electron chi connectivity index (χ1n) is 6.01. The van der Waals surface area contributed by atoms with E-state index < -0.39 is 5.91 Å². The molecule has 5 heteroatoms. The molecule has 0 aromatic heterocycles. The number of nitrogens with two attached hydrogens (primary N) is 1. The van der Waals surface area contributed by atoms with Gasteiger partial charge in [-0.05, 0) is 5.41 Å². The normalized spacial score (nSPS) is 12.4. The molecular formula is C14H28N2O2Y-2. The number of hydrazine groups is 1. The average Bonchev–Trinajstić information content (AvgIpc) is 2.13. The standard InChI is InChI=1S/C12H23O.C2H5N2O.Y/c1-9(8-11(2,3)4)10(13)12(5,6)7;1-2(5)4-3;/h9H,1,8H2,2-7H3;1,3H2,(H,4,5);/q2*-1;. The smallest absolute Gasteiger partial charge is 0.111 e. The van der Waals surface area contributed by atoms with Crippen LogP contribution in [-0.4, -0.2) is 11.7 Å². The van der Waals surface area contributed by atoms with Crippen LogP contribution in [0.5, 0.6) is 0 Å². The molecule has 0 aliphatic carbocycles. The van der Waals surface area contributed by atoms with Crippen molar-refractivity contribution >= 4 is 11.7 Å². The second-order valence-electron chi connectivity index (χ2n) is 6.64. The second-order valence-corrected chi connectivity index (χ2v) is 6.64. The van der Waals surface area contributed by atoms with E-state index in [1.807, 2.05) is 20.8 Å². The van der Waals surface area contributed by atoms with Crippen molar-refractivity contribution in [1.82, 2.24) is 5.43 Å². The SMILES string of the molecule is [CH2-]C(=O)NN.[CH2-]C(CC(C)(C)C)C(=O)C(C)(C)C.[Y]. The van der Waals surface area contributed by atoms with Crippen LogP contribution in [0.25, 0.3) is 0 Å². The van der Waals surface area contributed by atoms with Gasteiger partial charge in [0.2, 0.25) is 0 Å². The Labute approximate surface area is 143 Å². The maximum Gasteiger partial charge on any atom is 0.111 e. The first-order valence-corrected chi connectivity index (χ1v) is 6.01. The largest absolute Gasteiger partial charge is 0.333 e. The van der Waals surface area contributed by atoms with Crippen LogP contribution in [0, 0.1) is 30.6 Å². The van der Waals surface area contributed by atoms with Gasteiger partial charge in [0.05, 0.1) is 5.91 Å². The molecule has 1 amide bonds. The minimum atomic E-state index is -0.468. The van der Waals surface area contributed by atoms with Gasteiger partial charge < -0.3 is 28.9 Å². The summed E-state index contributed by atoms with van der Waals surface area (Å²) in [5.41, 5.74) is 1.71. The molecule has 0 spiro atoms. The Bertz CT molecular complexity index is 278. The molecule has 19 heavy (non-hydrogen) atoms. The van der Waals surface area contributed by atoms with Crippen LogP contribution in [-0.2, 0) is 42.3 Å². The Morgan fingerprint density at radius 2 is 1.47 bits per heavy atom. The molecule has 3 N–H and O–H groups in total. The van der Waals surface area contributed by atoms with Crippen molar-refractivity contribution in [2.45, 2.75) is 48.0 Å². The number of amides is 1. The van der Waals surface area contributed by atoms with Crippen LogP contribution < -0.4 is 11.3 Å². The Morgan fingerprint density at radius 1 is 1.16 bits per heavy atom. The molecule has 0 heterocycles. The van der Waals surface area contributed by atoms with Crippen molar-refractivity contribution in [2.24, 2.45) is 22.6 Å². The van der Waals surface area contributed by atoms with Gasteiger partial charge in [0.25, 0.3) is 0 Å². The number of carbonyl (C=O) groups excluding carboxylic acids is 2. The fourth-order valence-corrected chi connectivity index (χ4v) is 1.44. The van der Waals surface area contributed by atoms with Crippen molar-refractivity contribution < 1.29 is 42.3 Å². The molecule has 4 nitrogen and oxygen atoms in total. The minimum Gasteiger partial charge on any atom is -0.333 e. The summed E-state index contributed by atoms with van der Waals surface area (Å²) in [6.45, 7) is 19.1. The number of carbonyl (C=O) groups is 2. The van der Waals surface area contributed by atoms with E-state index in [1.165, 1.54) is 0 Å². The summed E-state index contributed by atoms with van der Waals surface area (Å²) in [4.78, 5) is 21.2. The number of nitrogens with one attached hydrogen (secondary N) is 1. The summed E-state index contributed by atoms with van der Waals surface area (Å²) in [6, 6.07) is 0. The number of hydrogen-bond donors (Lipinski definition) is 2. The van der Waals surface area contributed by atoms with E-state index in [2.05, 4.69) is 40.5 Å². The van der Waals surface area contributed by atoms with E-state index in [1.54, 1.807) is 5.43 Å². The molecule has 0 aliphatic rings. The number of rotatable bonds is 2. The zero-order valence-corrected chi connectivity index (χ0v) is 16.0. The molecule has 0 saturated heterocycles. The molecule has 0 aromatic rings. The molecule has 0 aromatic carbocycles.